The number of allylic oxidation sites excluding steroid dienone is 1. The molecule has 1 heterocycles. The van der Waals surface area contributed by atoms with Gasteiger partial charge in [0, 0.05) is 18.4 Å². The van der Waals surface area contributed by atoms with Crippen LogP contribution in [0.5, 0.6) is 0 Å². The lowest BCUT2D eigenvalue weighted by Gasteiger charge is -2.17. The van der Waals surface area contributed by atoms with Crippen molar-refractivity contribution >= 4 is 17.6 Å². The van der Waals surface area contributed by atoms with Crippen LogP contribution in [0.4, 0.5) is 0 Å². The zero-order valence-electron chi connectivity index (χ0n) is 8.93. The van der Waals surface area contributed by atoms with E-state index in [-0.39, 0.29) is 23.7 Å². The Kier molecular flexibility index (Phi) is 2.82. The lowest BCUT2D eigenvalue weighted by molar-refractivity contribution is -0.120. The Bertz CT molecular complexity index is 502. The monoisotopic (exact) mass is 233 g/mol. The maximum atomic E-state index is 11.2. The van der Waals surface area contributed by atoms with Gasteiger partial charge < -0.3 is 15.5 Å². The molecule has 0 aromatic heterocycles. The fraction of sp³-hybridized carbons (Fsp3) is 0.167. The maximum Gasteiger partial charge on any atom is 0.335 e. The Morgan fingerprint density at radius 1 is 1.18 bits per heavy atom. The molecule has 2 rings (SSSR count). The lowest BCUT2D eigenvalue weighted by Crippen LogP contribution is -2.27. The highest BCUT2D eigenvalue weighted by atomic mass is 16.4. The zero-order chi connectivity index (χ0) is 12.4. The van der Waals surface area contributed by atoms with Gasteiger partial charge >= 0.3 is 5.97 Å². The molecule has 0 unspecified atom stereocenters. The van der Waals surface area contributed by atoms with E-state index in [0.29, 0.717) is 17.7 Å². The third kappa shape index (κ3) is 2.28. The third-order valence-corrected chi connectivity index (χ3v) is 2.56. The summed E-state index contributed by atoms with van der Waals surface area (Å²) in [6, 6.07) is 5.97. The van der Waals surface area contributed by atoms with E-state index in [1.807, 2.05) is 0 Å². The standard InChI is InChI=1S/C12H11NO4/c14-9-5-6-10(15)13-11(9)7-1-3-8(4-2-7)12(16)17/h1-4,14H,5-6H2,(H,13,15)(H,16,17). The molecular formula is C12H11NO4. The highest BCUT2D eigenvalue weighted by molar-refractivity contribution is 5.91. The number of aromatic carboxylic acids is 1. The fourth-order valence-electron chi connectivity index (χ4n) is 1.65. The highest BCUT2D eigenvalue weighted by Crippen LogP contribution is 2.22. The van der Waals surface area contributed by atoms with Crippen LogP contribution in [-0.4, -0.2) is 22.1 Å². The molecular weight excluding hydrogens is 222 g/mol. The van der Waals surface area contributed by atoms with Gasteiger partial charge in [-0.15, -0.1) is 0 Å². The van der Waals surface area contributed by atoms with Crippen molar-refractivity contribution < 1.29 is 19.8 Å². The molecule has 88 valence electrons. The average Bonchev–Trinajstić information content (AvgIpc) is 2.32. The van der Waals surface area contributed by atoms with E-state index in [1.165, 1.54) is 12.1 Å². The number of amides is 1. The molecule has 0 aliphatic carbocycles. The minimum absolute atomic E-state index is 0.118. The minimum atomic E-state index is -1.01. The normalized spacial score (nSPS) is 15.6. The van der Waals surface area contributed by atoms with Crippen molar-refractivity contribution in [3.05, 3.63) is 41.2 Å². The van der Waals surface area contributed by atoms with Crippen molar-refractivity contribution in [2.24, 2.45) is 0 Å². The number of carbonyl (C=O) groups excluding carboxylic acids is 1. The van der Waals surface area contributed by atoms with E-state index < -0.39 is 5.97 Å². The Hall–Kier alpha value is -2.30. The van der Waals surface area contributed by atoms with Crippen LogP contribution < -0.4 is 5.32 Å². The molecule has 1 aromatic rings. The number of carboxylic acids is 1. The first-order chi connectivity index (χ1) is 8.08. The summed E-state index contributed by atoms with van der Waals surface area (Å²) in [5.74, 6) is -1.05. The van der Waals surface area contributed by atoms with Crippen LogP contribution in [-0.2, 0) is 4.79 Å². The van der Waals surface area contributed by atoms with Crippen molar-refractivity contribution in [2.75, 3.05) is 0 Å². The molecule has 5 nitrogen and oxygen atoms in total. The summed E-state index contributed by atoms with van der Waals surface area (Å²) in [5.41, 5.74) is 1.12. The quantitative estimate of drug-likeness (QED) is 0.722. The van der Waals surface area contributed by atoms with Crippen molar-refractivity contribution in [1.29, 1.82) is 0 Å². The van der Waals surface area contributed by atoms with Crippen LogP contribution in [0, 0.1) is 0 Å². The van der Waals surface area contributed by atoms with E-state index in [4.69, 9.17) is 5.11 Å². The molecule has 0 saturated heterocycles. The second-order valence-corrected chi connectivity index (χ2v) is 3.75. The van der Waals surface area contributed by atoms with E-state index in [0.717, 1.165) is 0 Å². The molecule has 0 bridgehead atoms. The largest absolute Gasteiger partial charge is 0.510 e. The van der Waals surface area contributed by atoms with Crippen molar-refractivity contribution in [1.82, 2.24) is 5.32 Å². The van der Waals surface area contributed by atoms with Crippen molar-refractivity contribution in [3.63, 3.8) is 0 Å². The van der Waals surface area contributed by atoms with Crippen LogP contribution in [0.25, 0.3) is 5.70 Å². The molecule has 0 spiro atoms. The number of aliphatic hydroxyl groups excluding tert-OH is 1. The Labute approximate surface area is 97.4 Å². The number of nitrogens with one attached hydrogen (secondary N) is 1. The molecule has 17 heavy (non-hydrogen) atoms. The molecule has 0 fully saturated rings. The first-order valence-corrected chi connectivity index (χ1v) is 5.13. The van der Waals surface area contributed by atoms with Gasteiger partial charge in [0.1, 0.15) is 5.76 Å². The number of aliphatic hydroxyl groups is 1. The minimum Gasteiger partial charge on any atom is -0.510 e. The van der Waals surface area contributed by atoms with Crippen LogP contribution in [0.1, 0.15) is 28.8 Å². The molecule has 0 atom stereocenters. The summed E-state index contributed by atoms with van der Waals surface area (Å²) in [7, 11) is 0. The number of hydrogen-bond acceptors (Lipinski definition) is 3. The van der Waals surface area contributed by atoms with Gasteiger partial charge in [-0.1, -0.05) is 12.1 Å². The van der Waals surface area contributed by atoms with Gasteiger partial charge in [-0.3, -0.25) is 4.79 Å². The maximum absolute atomic E-state index is 11.2. The van der Waals surface area contributed by atoms with Crippen LogP contribution in [0.3, 0.4) is 0 Å². The predicted octanol–water partition coefficient (Wildman–Crippen LogP) is 1.52. The molecule has 0 saturated carbocycles. The predicted molar refractivity (Wildman–Crippen MR) is 60.3 cm³/mol. The smallest absolute Gasteiger partial charge is 0.335 e. The Morgan fingerprint density at radius 2 is 1.82 bits per heavy atom. The number of carbonyl (C=O) groups is 2. The van der Waals surface area contributed by atoms with Crippen molar-refractivity contribution in [3.8, 4) is 0 Å². The van der Waals surface area contributed by atoms with Gasteiger partial charge in [0.05, 0.1) is 11.3 Å². The zero-order valence-corrected chi connectivity index (χ0v) is 8.93. The van der Waals surface area contributed by atoms with Crippen LogP contribution >= 0.6 is 0 Å². The number of carboxylic acid groups (broad SMARTS) is 1. The SMILES string of the molecule is O=C1CCC(O)=C(c2ccc(C(=O)O)cc2)N1. The average molecular weight is 233 g/mol. The summed E-state index contributed by atoms with van der Waals surface area (Å²) < 4.78 is 0. The summed E-state index contributed by atoms with van der Waals surface area (Å²) in [6.45, 7) is 0. The Balaban J connectivity index is 2.34. The van der Waals surface area contributed by atoms with Gasteiger partial charge in [-0.05, 0) is 12.1 Å². The first kappa shape index (κ1) is 11.2. The lowest BCUT2D eigenvalue weighted by atomic mass is 10.0. The van der Waals surface area contributed by atoms with E-state index in [2.05, 4.69) is 5.32 Å². The third-order valence-electron chi connectivity index (χ3n) is 2.56. The topological polar surface area (TPSA) is 86.6 Å². The van der Waals surface area contributed by atoms with Gasteiger partial charge in [0.15, 0.2) is 0 Å². The fourth-order valence-corrected chi connectivity index (χ4v) is 1.65. The highest BCUT2D eigenvalue weighted by Gasteiger charge is 2.18. The summed E-state index contributed by atoms with van der Waals surface area (Å²) >= 11 is 0. The van der Waals surface area contributed by atoms with Gasteiger partial charge in [0.25, 0.3) is 0 Å². The number of benzene rings is 1. The number of rotatable bonds is 2. The van der Waals surface area contributed by atoms with E-state index in [1.54, 1.807) is 12.1 Å². The van der Waals surface area contributed by atoms with Gasteiger partial charge in [0.2, 0.25) is 5.91 Å². The van der Waals surface area contributed by atoms with E-state index in [9.17, 15) is 14.7 Å². The molecule has 0 radical (unpaired) electrons. The molecule has 3 N–H and O–H groups in total. The van der Waals surface area contributed by atoms with Crippen LogP contribution in [0.2, 0.25) is 0 Å². The molecule has 1 aliphatic rings. The molecule has 1 aromatic carbocycles. The molecule has 1 aliphatic heterocycles. The summed E-state index contributed by atoms with van der Waals surface area (Å²) in [5, 5.41) is 21.0. The van der Waals surface area contributed by atoms with Crippen molar-refractivity contribution in [2.45, 2.75) is 12.8 Å². The second-order valence-electron chi connectivity index (χ2n) is 3.75. The second kappa shape index (κ2) is 4.29. The molecule has 1 amide bonds. The number of hydrogen-bond donors (Lipinski definition) is 3. The molecule has 5 heteroatoms. The summed E-state index contributed by atoms with van der Waals surface area (Å²) in [6.07, 6.45) is 0.574. The van der Waals surface area contributed by atoms with E-state index >= 15 is 0 Å². The van der Waals surface area contributed by atoms with Gasteiger partial charge in [-0.25, -0.2) is 4.79 Å². The van der Waals surface area contributed by atoms with Crippen LogP contribution in [0.15, 0.2) is 30.0 Å². The summed E-state index contributed by atoms with van der Waals surface area (Å²) in [4.78, 5) is 21.9. The Morgan fingerprint density at radius 3 is 2.41 bits per heavy atom. The first-order valence-electron chi connectivity index (χ1n) is 5.13. The van der Waals surface area contributed by atoms with Gasteiger partial charge in [-0.2, -0.15) is 0 Å².